The van der Waals surface area contributed by atoms with Crippen LogP contribution in [0.15, 0.2) is 36.4 Å². The van der Waals surface area contributed by atoms with E-state index in [1.54, 1.807) is 20.0 Å². The zero-order valence-corrected chi connectivity index (χ0v) is 17.1. The highest BCUT2D eigenvalue weighted by atomic mass is 19.1. The van der Waals surface area contributed by atoms with Gasteiger partial charge in [-0.3, -0.25) is 4.79 Å². The fourth-order valence-corrected chi connectivity index (χ4v) is 4.26. The van der Waals surface area contributed by atoms with Crippen molar-refractivity contribution in [2.24, 2.45) is 5.92 Å². The highest BCUT2D eigenvalue weighted by Crippen LogP contribution is 2.33. The number of aromatic nitrogens is 1. The van der Waals surface area contributed by atoms with E-state index in [0.29, 0.717) is 12.0 Å². The minimum Gasteiger partial charge on any atom is -0.353 e. The van der Waals surface area contributed by atoms with Crippen molar-refractivity contribution in [2.75, 3.05) is 0 Å². The van der Waals surface area contributed by atoms with E-state index in [-0.39, 0.29) is 29.5 Å². The van der Waals surface area contributed by atoms with Gasteiger partial charge in [-0.05, 0) is 48.6 Å². The fraction of sp³-hybridized carbons (Fsp3) is 0.348. The molecule has 1 aliphatic carbocycles. The Morgan fingerprint density at radius 1 is 1.28 bits per heavy atom. The number of benzene rings is 2. The maximum atomic E-state index is 14.4. The predicted molar refractivity (Wildman–Crippen MR) is 114 cm³/mol. The van der Waals surface area contributed by atoms with Gasteiger partial charge in [0.05, 0.1) is 5.52 Å². The molecular weight excluding hydrogens is 369 g/mol. The first-order valence-corrected chi connectivity index (χ1v) is 10.2. The lowest BCUT2D eigenvalue weighted by molar-refractivity contribution is -0.124. The average Bonchev–Trinajstić information content (AvgIpc) is 2.95. The topological polar surface area (TPSA) is 34.0 Å². The number of hydrogen-bond acceptors (Lipinski definition) is 1. The highest BCUT2D eigenvalue weighted by Gasteiger charge is 2.27. The van der Waals surface area contributed by atoms with Crippen LogP contribution in [0.4, 0.5) is 8.78 Å². The highest BCUT2D eigenvalue weighted by molar-refractivity contribution is 6.33. The Hall–Kier alpha value is -2.63. The monoisotopic (exact) mass is 394 g/mol. The van der Waals surface area contributed by atoms with Gasteiger partial charge >= 0.3 is 0 Å². The Bertz CT molecular complexity index is 1090. The van der Waals surface area contributed by atoms with Crippen molar-refractivity contribution in [1.29, 1.82) is 0 Å². The minimum absolute atomic E-state index is 0.0537. The Morgan fingerprint density at radius 2 is 2.07 bits per heavy atom. The van der Waals surface area contributed by atoms with Gasteiger partial charge in [-0.25, -0.2) is 8.78 Å². The largest absolute Gasteiger partial charge is 0.353 e. The van der Waals surface area contributed by atoms with Crippen molar-refractivity contribution in [3.05, 3.63) is 64.9 Å². The van der Waals surface area contributed by atoms with Crippen LogP contribution in [0, 0.1) is 17.6 Å². The van der Waals surface area contributed by atoms with E-state index in [1.165, 1.54) is 17.7 Å². The van der Waals surface area contributed by atoms with Crippen LogP contribution in [0.25, 0.3) is 10.9 Å². The number of halogens is 2. The van der Waals surface area contributed by atoms with E-state index in [1.807, 2.05) is 26.0 Å². The van der Waals surface area contributed by atoms with E-state index < -0.39 is 0 Å². The molecule has 0 saturated carbocycles. The molecule has 4 rings (SSSR count). The Balaban J connectivity index is 1.77. The number of hydrogen-bond donors (Lipinski definition) is 1. The standard InChI is InChI=1S/C23H25BF2N2O/c1-13(2)23(29)27-16-6-7-21-17(9-16)18-10-19(24)20(26)11-22(18)28(21)12-14-4-3-5-15(25)8-14/h3-5,8,10-11,13,16H,6-7,9,12,24H2,1-2H3,(H,27,29). The summed E-state index contributed by atoms with van der Waals surface area (Å²) in [6, 6.07) is 10.1. The maximum Gasteiger partial charge on any atom is 0.222 e. The average molecular weight is 394 g/mol. The Morgan fingerprint density at radius 3 is 2.79 bits per heavy atom. The number of fused-ring (bicyclic) bond motifs is 3. The maximum absolute atomic E-state index is 14.4. The number of carbonyl (C=O) groups is 1. The van der Waals surface area contributed by atoms with E-state index in [0.717, 1.165) is 41.4 Å². The van der Waals surface area contributed by atoms with Crippen LogP contribution in [-0.2, 0) is 24.2 Å². The summed E-state index contributed by atoms with van der Waals surface area (Å²) in [5, 5.41) is 4.17. The molecule has 0 bridgehead atoms. The summed E-state index contributed by atoms with van der Waals surface area (Å²) in [5.74, 6) is -0.505. The van der Waals surface area contributed by atoms with Crippen molar-refractivity contribution < 1.29 is 13.6 Å². The molecule has 3 nitrogen and oxygen atoms in total. The van der Waals surface area contributed by atoms with E-state index in [9.17, 15) is 13.6 Å². The third-order valence-electron chi connectivity index (χ3n) is 5.85. The number of nitrogens with zero attached hydrogens (tertiary/aromatic N) is 1. The van der Waals surface area contributed by atoms with Gasteiger partial charge in [-0.15, -0.1) is 0 Å². The van der Waals surface area contributed by atoms with E-state index in [4.69, 9.17) is 0 Å². The number of amides is 1. The molecule has 1 amide bonds. The lowest BCUT2D eigenvalue weighted by Crippen LogP contribution is -2.41. The molecule has 29 heavy (non-hydrogen) atoms. The molecule has 150 valence electrons. The van der Waals surface area contributed by atoms with Gasteiger partial charge in [0.25, 0.3) is 0 Å². The molecular formula is C23H25BF2N2O. The van der Waals surface area contributed by atoms with Gasteiger partial charge < -0.3 is 9.88 Å². The molecule has 0 fully saturated rings. The van der Waals surface area contributed by atoms with Crippen molar-refractivity contribution in [3.8, 4) is 0 Å². The molecule has 1 unspecified atom stereocenters. The van der Waals surface area contributed by atoms with Crippen LogP contribution in [0.2, 0.25) is 0 Å². The SMILES string of the molecule is Bc1cc2c3c(n(Cc4cccc(F)c4)c2cc1F)CCC(NC(=O)C(C)C)C3. The van der Waals surface area contributed by atoms with Crippen LogP contribution in [0.3, 0.4) is 0 Å². The lowest BCUT2D eigenvalue weighted by Gasteiger charge is -2.26. The molecule has 1 N–H and O–H groups in total. The van der Waals surface area contributed by atoms with Crippen LogP contribution in [0.5, 0.6) is 0 Å². The van der Waals surface area contributed by atoms with Crippen molar-refractivity contribution >= 4 is 30.1 Å². The quantitative estimate of drug-likeness (QED) is 0.679. The second-order valence-corrected chi connectivity index (χ2v) is 8.36. The van der Waals surface area contributed by atoms with Crippen molar-refractivity contribution in [3.63, 3.8) is 0 Å². The summed E-state index contributed by atoms with van der Waals surface area (Å²) in [6.45, 7) is 4.27. The molecule has 6 heteroatoms. The molecule has 2 aromatic carbocycles. The molecule has 0 aliphatic heterocycles. The molecule has 1 aliphatic rings. The summed E-state index contributed by atoms with van der Waals surface area (Å²) < 4.78 is 30.2. The van der Waals surface area contributed by atoms with Gasteiger partial charge in [0.1, 0.15) is 19.5 Å². The van der Waals surface area contributed by atoms with Gasteiger partial charge in [0.2, 0.25) is 5.91 Å². The molecule has 1 aromatic heterocycles. The van der Waals surface area contributed by atoms with Gasteiger partial charge in [-0.2, -0.15) is 0 Å². The first-order valence-electron chi connectivity index (χ1n) is 10.2. The molecule has 3 aromatic rings. The van der Waals surface area contributed by atoms with Gasteiger partial charge in [0, 0.05) is 29.6 Å². The lowest BCUT2D eigenvalue weighted by atomic mass is 9.88. The smallest absolute Gasteiger partial charge is 0.222 e. The van der Waals surface area contributed by atoms with Crippen LogP contribution < -0.4 is 10.8 Å². The van der Waals surface area contributed by atoms with E-state index in [2.05, 4.69) is 9.88 Å². The Labute approximate surface area is 170 Å². The second kappa shape index (κ2) is 7.66. The normalized spacial score (nSPS) is 16.2. The summed E-state index contributed by atoms with van der Waals surface area (Å²) in [4.78, 5) is 12.2. The van der Waals surface area contributed by atoms with Crippen LogP contribution in [0.1, 0.15) is 37.1 Å². The molecule has 0 radical (unpaired) electrons. The third kappa shape index (κ3) is 3.80. The third-order valence-corrected chi connectivity index (χ3v) is 5.85. The summed E-state index contributed by atoms with van der Waals surface area (Å²) in [6.07, 6.45) is 2.36. The first kappa shape index (κ1) is 19.7. The summed E-state index contributed by atoms with van der Waals surface area (Å²) >= 11 is 0. The van der Waals surface area contributed by atoms with Gasteiger partial charge in [-0.1, -0.05) is 37.5 Å². The summed E-state index contributed by atoms with van der Waals surface area (Å²) in [7, 11) is 1.77. The Kier molecular flexibility index (Phi) is 5.20. The first-order chi connectivity index (χ1) is 13.8. The zero-order chi connectivity index (χ0) is 20.7. The predicted octanol–water partition coefficient (Wildman–Crippen LogP) is 2.86. The second-order valence-electron chi connectivity index (χ2n) is 8.36. The van der Waals surface area contributed by atoms with Crippen LogP contribution in [-0.4, -0.2) is 24.4 Å². The molecule has 0 saturated heterocycles. The van der Waals surface area contributed by atoms with E-state index >= 15 is 0 Å². The minimum atomic E-state index is -0.272. The number of nitrogens with one attached hydrogen (secondary N) is 1. The fourth-order valence-electron chi connectivity index (χ4n) is 4.26. The summed E-state index contributed by atoms with van der Waals surface area (Å²) in [5.41, 5.74) is 4.61. The molecule has 1 heterocycles. The number of rotatable bonds is 4. The van der Waals surface area contributed by atoms with Crippen molar-refractivity contribution in [2.45, 2.75) is 45.7 Å². The molecule has 1 atom stereocenters. The number of carbonyl (C=O) groups excluding carboxylic acids is 1. The van der Waals surface area contributed by atoms with Crippen LogP contribution >= 0.6 is 0 Å². The zero-order valence-electron chi connectivity index (χ0n) is 17.1. The van der Waals surface area contributed by atoms with Gasteiger partial charge in [0.15, 0.2) is 0 Å². The molecule has 0 spiro atoms. The van der Waals surface area contributed by atoms with Crippen molar-refractivity contribution in [1.82, 2.24) is 9.88 Å².